The van der Waals surface area contributed by atoms with E-state index in [2.05, 4.69) is 9.84 Å². The first-order valence-corrected chi connectivity index (χ1v) is 7.76. The smallest absolute Gasteiger partial charge is 0.387 e. The van der Waals surface area contributed by atoms with E-state index < -0.39 is 25.2 Å². The Morgan fingerprint density at radius 2 is 1.77 bits per heavy atom. The first-order chi connectivity index (χ1) is 12.2. The van der Waals surface area contributed by atoms with Crippen LogP contribution >= 0.6 is 0 Å². The highest BCUT2D eigenvalue weighted by Gasteiger charge is 2.21. The van der Waals surface area contributed by atoms with Crippen LogP contribution in [0.2, 0.25) is 0 Å². The zero-order valence-electron chi connectivity index (χ0n) is 14.4. The second-order valence-electron chi connectivity index (χ2n) is 5.63. The highest BCUT2D eigenvalue weighted by Crippen LogP contribution is 2.24. The van der Waals surface area contributed by atoms with Crippen LogP contribution in [-0.4, -0.2) is 22.4 Å². The summed E-state index contributed by atoms with van der Waals surface area (Å²) in [5, 5.41) is 3.72. The van der Waals surface area contributed by atoms with Gasteiger partial charge in [-0.15, -0.1) is 0 Å². The average molecular weight is 374 g/mol. The van der Waals surface area contributed by atoms with E-state index >= 15 is 0 Å². The van der Waals surface area contributed by atoms with Crippen molar-refractivity contribution in [1.82, 2.24) is 9.78 Å². The molecule has 142 valence electrons. The van der Waals surface area contributed by atoms with Gasteiger partial charge in [-0.05, 0) is 38.5 Å². The van der Waals surface area contributed by atoms with Crippen LogP contribution in [0.15, 0.2) is 24.3 Å². The maximum atomic E-state index is 12.8. The highest BCUT2D eigenvalue weighted by atomic mass is 19.3. The molecule has 1 aromatic heterocycles. The van der Waals surface area contributed by atoms with Crippen LogP contribution in [0.1, 0.15) is 42.1 Å². The minimum Gasteiger partial charge on any atom is -0.458 e. The maximum Gasteiger partial charge on any atom is 0.387 e. The molecule has 0 N–H and O–H groups in total. The number of benzene rings is 1. The summed E-state index contributed by atoms with van der Waals surface area (Å²) >= 11 is 0. The second kappa shape index (κ2) is 8.20. The molecule has 0 aliphatic carbocycles. The summed E-state index contributed by atoms with van der Waals surface area (Å²) in [6.45, 7) is -1.09. The van der Waals surface area contributed by atoms with Crippen LogP contribution in [0.5, 0.6) is 5.75 Å². The molecule has 0 saturated heterocycles. The molecule has 5 nitrogen and oxygen atoms in total. The molecule has 1 aromatic carbocycles. The van der Waals surface area contributed by atoms with Crippen LogP contribution in [0, 0.1) is 13.8 Å². The quantitative estimate of drug-likeness (QED) is 0.534. The minimum atomic E-state index is -2.92. The summed E-state index contributed by atoms with van der Waals surface area (Å²) in [6, 6.07) is 5.68. The molecule has 9 heteroatoms. The molecule has 0 fully saturated rings. The van der Waals surface area contributed by atoms with Gasteiger partial charge in [-0.1, -0.05) is 12.1 Å². The van der Waals surface area contributed by atoms with E-state index in [1.54, 1.807) is 13.8 Å². The van der Waals surface area contributed by atoms with E-state index in [-0.39, 0.29) is 17.9 Å². The summed E-state index contributed by atoms with van der Waals surface area (Å²) in [4.78, 5) is 12.1. The SMILES string of the molecule is Cc1nn(C(F)F)c(C)c1CC(=O)OC(C)c1ccc(OC(F)F)cc1. The number of hydrogen-bond donors (Lipinski definition) is 0. The van der Waals surface area contributed by atoms with E-state index in [9.17, 15) is 22.4 Å². The van der Waals surface area contributed by atoms with Gasteiger partial charge in [0.15, 0.2) is 0 Å². The summed E-state index contributed by atoms with van der Waals surface area (Å²) in [7, 11) is 0. The molecule has 0 bridgehead atoms. The van der Waals surface area contributed by atoms with Gasteiger partial charge in [0.1, 0.15) is 11.9 Å². The van der Waals surface area contributed by atoms with Gasteiger partial charge in [0.05, 0.1) is 12.1 Å². The van der Waals surface area contributed by atoms with Crippen molar-refractivity contribution in [2.75, 3.05) is 0 Å². The van der Waals surface area contributed by atoms with Crippen molar-refractivity contribution in [3.05, 3.63) is 46.8 Å². The Morgan fingerprint density at radius 3 is 2.27 bits per heavy atom. The van der Waals surface area contributed by atoms with Crippen molar-refractivity contribution in [2.24, 2.45) is 0 Å². The van der Waals surface area contributed by atoms with Gasteiger partial charge in [-0.2, -0.15) is 22.7 Å². The Balaban J connectivity index is 2.01. The Kier molecular flexibility index (Phi) is 6.23. The van der Waals surface area contributed by atoms with Crippen molar-refractivity contribution >= 4 is 5.97 Å². The first-order valence-electron chi connectivity index (χ1n) is 7.76. The molecule has 2 rings (SSSR count). The zero-order chi connectivity index (χ0) is 19.4. The van der Waals surface area contributed by atoms with Gasteiger partial charge in [0, 0.05) is 11.3 Å². The molecular formula is C17H18F4N2O3. The minimum absolute atomic E-state index is 0.00654. The number of rotatable bonds is 7. The first kappa shape index (κ1) is 19.7. The van der Waals surface area contributed by atoms with E-state index in [1.807, 2.05) is 0 Å². The molecule has 0 radical (unpaired) electrons. The molecule has 0 aliphatic heterocycles. The Labute approximate surface area is 147 Å². The van der Waals surface area contributed by atoms with E-state index in [0.717, 1.165) is 0 Å². The maximum absolute atomic E-state index is 12.8. The molecule has 0 saturated carbocycles. The molecule has 0 amide bonds. The predicted octanol–water partition coefficient (Wildman–Crippen LogP) is 4.34. The summed E-state index contributed by atoms with van der Waals surface area (Å²) in [5.41, 5.74) is 1.51. The van der Waals surface area contributed by atoms with E-state index in [4.69, 9.17) is 4.74 Å². The lowest BCUT2D eigenvalue weighted by molar-refractivity contribution is -0.147. The molecule has 0 spiro atoms. The summed E-state index contributed by atoms with van der Waals surface area (Å²) in [5.74, 6) is -0.613. The lowest BCUT2D eigenvalue weighted by Crippen LogP contribution is -2.13. The number of aryl methyl sites for hydroxylation is 1. The van der Waals surface area contributed by atoms with Crippen LogP contribution in [0.4, 0.5) is 17.6 Å². The van der Waals surface area contributed by atoms with Gasteiger partial charge in [0.2, 0.25) is 0 Å². The Hall–Kier alpha value is -2.58. The fraction of sp³-hybridized carbons (Fsp3) is 0.412. The lowest BCUT2D eigenvalue weighted by Gasteiger charge is -2.14. The molecule has 26 heavy (non-hydrogen) atoms. The van der Waals surface area contributed by atoms with E-state index in [0.29, 0.717) is 21.5 Å². The lowest BCUT2D eigenvalue weighted by atomic mass is 10.1. The number of carbonyl (C=O) groups is 1. The topological polar surface area (TPSA) is 53.4 Å². The van der Waals surface area contributed by atoms with Crippen molar-refractivity contribution in [3.63, 3.8) is 0 Å². The standard InChI is InChI=1S/C17H18F4N2O3/c1-9-14(10(2)23(22-9)16(18)19)8-15(24)25-11(3)12-4-6-13(7-5-12)26-17(20)21/h4-7,11,16-17H,8H2,1-3H3. The van der Waals surface area contributed by atoms with Crippen LogP contribution in [-0.2, 0) is 16.0 Å². The predicted molar refractivity (Wildman–Crippen MR) is 84.2 cm³/mol. The van der Waals surface area contributed by atoms with Gasteiger partial charge in [-0.3, -0.25) is 4.79 Å². The molecule has 0 aliphatic rings. The average Bonchev–Trinajstić information content (AvgIpc) is 2.83. The fourth-order valence-corrected chi connectivity index (χ4v) is 2.51. The summed E-state index contributed by atoms with van der Waals surface area (Å²) in [6.07, 6.45) is -0.838. The number of esters is 1. The third-order valence-electron chi connectivity index (χ3n) is 3.86. The van der Waals surface area contributed by atoms with Crippen molar-refractivity contribution < 1.29 is 31.8 Å². The third kappa shape index (κ3) is 4.74. The van der Waals surface area contributed by atoms with Gasteiger partial charge in [0.25, 0.3) is 0 Å². The number of ether oxygens (including phenoxy) is 2. The van der Waals surface area contributed by atoms with Crippen molar-refractivity contribution in [3.8, 4) is 5.75 Å². The third-order valence-corrected chi connectivity index (χ3v) is 3.86. The Morgan fingerprint density at radius 1 is 1.15 bits per heavy atom. The van der Waals surface area contributed by atoms with Crippen LogP contribution in [0.25, 0.3) is 0 Å². The molecule has 2 aromatic rings. The number of alkyl halides is 4. The number of aromatic nitrogens is 2. The van der Waals surface area contributed by atoms with Gasteiger partial charge in [-0.25, -0.2) is 4.68 Å². The zero-order valence-corrected chi connectivity index (χ0v) is 14.4. The van der Waals surface area contributed by atoms with Crippen molar-refractivity contribution in [2.45, 2.75) is 46.5 Å². The largest absolute Gasteiger partial charge is 0.458 e. The number of halogens is 4. The van der Waals surface area contributed by atoms with E-state index in [1.165, 1.54) is 31.2 Å². The van der Waals surface area contributed by atoms with Crippen LogP contribution < -0.4 is 4.74 Å². The second-order valence-corrected chi connectivity index (χ2v) is 5.63. The highest BCUT2D eigenvalue weighted by molar-refractivity contribution is 5.73. The molecule has 1 heterocycles. The summed E-state index contributed by atoms with van der Waals surface area (Å²) < 4.78 is 60.0. The normalized spacial score (nSPS) is 12.5. The monoisotopic (exact) mass is 374 g/mol. The Bertz CT molecular complexity index is 760. The number of nitrogens with zero attached hydrogens (tertiary/aromatic N) is 2. The molecular weight excluding hydrogens is 356 g/mol. The number of hydrogen-bond acceptors (Lipinski definition) is 4. The van der Waals surface area contributed by atoms with Gasteiger partial charge >= 0.3 is 19.1 Å². The van der Waals surface area contributed by atoms with Gasteiger partial charge < -0.3 is 9.47 Å². The molecule has 1 unspecified atom stereocenters. The molecule has 1 atom stereocenters. The number of carbonyl (C=O) groups excluding carboxylic acids is 1. The fourth-order valence-electron chi connectivity index (χ4n) is 2.51. The van der Waals surface area contributed by atoms with Crippen LogP contribution in [0.3, 0.4) is 0 Å². The van der Waals surface area contributed by atoms with Crippen molar-refractivity contribution in [1.29, 1.82) is 0 Å².